The quantitative estimate of drug-likeness (QED) is 0.376. The Labute approximate surface area is 145 Å². The molecule has 0 saturated carbocycles. The second-order valence-electron chi connectivity index (χ2n) is 6.56. The van der Waals surface area contributed by atoms with E-state index in [4.69, 9.17) is 24.7 Å². The van der Waals surface area contributed by atoms with Crippen molar-refractivity contribution in [2.45, 2.75) is 46.6 Å². The highest BCUT2D eigenvalue weighted by Crippen LogP contribution is 1.97. The predicted molar refractivity (Wildman–Crippen MR) is 90.4 cm³/mol. The molecule has 7 heteroatoms. The third kappa shape index (κ3) is 15.7. The maximum absolute atomic E-state index is 11.4. The third-order valence-electron chi connectivity index (χ3n) is 2.72. The van der Waals surface area contributed by atoms with Crippen LogP contribution in [-0.2, 0) is 28.5 Å². The van der Waals surface area contributed by atoms with Gasteiger partial charge in [-0.2, -0.15) is 0 Å². The maximum Gasteiger partial charge on any atom is 0.308 e. The number of hydrogen-bond acceptors (Lipinski definition) is 7. The van der Waals surface area contributed by atoms with Gasteiger partial charge in [-0.15, -0.1) is 0 Å². The van der Waals surface area contributed by atoms with Crippen LogP contribution in [0, 0.1) is 11.8 Å². The van der Waals surface area contributed by atoms with Crippen LogP contribution in [0.3, 0.4) is 0 Å². The molecule has 0 amide bonds. The first kappa shape index (κ1) is 22.8. The lowest BCUT2D eigenvalue weighted by Gasteiger charge is -2.13. The van der Waals surface area contributed by atoms with Crippen molar-refractivity contribution in [3.05, 3.63) is 0 Å². The van der Waals surface area contributed by atoms with Gasteiger partial charge in [0.15, 0.2) is 0 Å². The minimum Gasteiger partial charge on any atom is -0.465 e. The molecule has 0 unspecified atom stereocenters. The van der Waals surface area contributed by atoms with E-state index in [1.807, 2.05) is 27.7 Å². The van der Waals surface area contributed by atoms with Gasteiger partial charge in [-0.1, -0.05) is 27.7 Å². The number of carbonyl (C=O) groups excluding carboxylic acids is 2. The van der Waals surface area contributed by atoms with Gasteiger partial charge in [0.1, 0.15) is 0 Å². The fourth-order valence-corrected chi connectivity index (χ4v) is 1.49. The van der Waals surface area contributed by atoms with Gasteiger partial charge in [0, 0.05) is 0 Å². The van der Waals surface area contributed by atoms with E-state index in [1.54, 1.807) is 0 Å². The fourth-order valence-electron chi connectivity index (χ4n) is 1.49. The van der Waals surface area contributed by atoms with Crippen LogP contribution in [0.1, 0.15) is 40.5 Å². The molecule has 0 heterocycles. The van der Waals surface area contributed by atoms with Gasteiger partial charge in [0.2, 0.25) is 0 Å². The topological polar surface area (TPSA) is 97.1 Å². The normalized spacial score (nSPS) is 11.3. The highest BCUT2D eigenvalue weighted by Gasteiger charge is 2.08. The van der Waals surface area contributed by atoms with Gasteiger partial charge in [-0.3, -0.25) is 9.59 Å². The van der Waals surface area contributed by atoms with Crippen molar-refractivity contribution < 1.29 is 28.5 Å². The molecule has 0 aromatic carbocycles. The highest BCUT2D eigenvalue weighted by atomic mass is 16.5. The van der Waals surface area contributed by atoms with E-state index in [0.717, 1.165) is 0 Å². The first-order valence-electron chi connectivity index (χ1n) is 8.53. The molecule has 0 spiro atoms. The SMILES string of the molecule is CC(C)COC(=O)CCOCC(N)COCCC(=O)OCC(C)C. The number of carbonyl (C=O) groups is 2. The van der Waals surface area contributed by atoms with E-state index < -0.39 is 0 Å². The lowest BCUT2D eigenvalue weighted by atomic mass is 10.2. The van der Waals surface area contributed by atoms with E-state index >= 15 is 0 Å². The summed E-state index contributed by atoms with van der Waals surface area (Å²) in [5.41, 5.74) is 5.82. The second-order valence-corrected chi connectivity index (χ2v) is 6.56. The van der Waals surface area contributed by atoms with Gasteiger partial charge in [0.25, 0.3) is 0 Å². The Bertz CT molecular complexity index is 314. The summed E-state index contributed by atoms with van der Waals surface area (Å²) in [6, 6.07) is -0.302. The number of nitrogens with two attached hydrogens (primary N) is 1. The molecule has 0 saturated heterocycles. The van der Waals surface area contributed by atoms with Crippen LogP contribution in [0.15, 0.2) is 0 Å². The molecule has 7 nitrogen and oxygen atoms in total. The zero-order valence-corrected chi connectivity index (χ0v) is 15.4. The molecule has 0 aliphatic heterocycles. The van der Waals surface area contributed by atoms with E-state index in [9.17, 15) is 9.59 Å². The van der Waals surface area contributed by atoms with Gasteiger partial charge in [0.05, 0.1) is 58.5 Å². The van der Waals surface area contributed by atoms with E-state index in [0.29, 0.717) is 25.0 Å². The van der Waals surface area contributed by atoms with Crippen molar-refractivity contribution in [3.63, 3.8) is 0 Å². The third-order valence-corrected chi connectivity index (χ3v) is 2.72. The molecule has 24 heavy (non-hydrogen) atoms. The Morgan fingerprint density at radius 3 is 1.46 bits per heavy atom. The number of ether oxygens (including phenoxy) is 4. The van der Waals surface area contributed by atoms with E-state index in [2.05, 4.69) is 0 Å². The Morgan fingerprint density at radius 2 is 1.12 bits per heavy atom. The minimum absolute atomic E-state index is 0.210. The maximum atomic E-state index is 11.4. The average molecular weight is 347 g/mol. The van der Waals surface area contributed by atoms with E-state index in [-0.39, 0.29) is 57.2 Å². The second kappa shape index (κ2) is 14.2. The van der Waals surface area contributed by atoms with Crippen molar-refractivity contribution >= 4 is 11.9 Å². The standard InChI is InChI=1S/C17H33NO6/c1-13(2)9-23-16(19)5-7-21-11-15(18)12-22-8-6-17(20)24-10-14(3)4/h13-15H,5-12,18H2,1-4H3. The highest BCUT2D eigenvalue weighted by molar-refractivity contribution is 5.69. The summed E-state index contributed by atoms with van der Waals surface area (Å²) in [6.45, 7) is 9.87. The molecule has 0 fully saturated rings. The van der Waals surface area contributed by atoms with Crippen LogP contribution in [-0.4, -0.2) is 57.6 Å². The van der Waals surface area contributed by atoms with Gasteiger partial charge in [-0.05, 0) is 11.8 Å². The van der Waals surface area contributed by atoms with E-state index in [1.165, 1.54) is 0 Å². The molecule has 142 valence electrons. The van der Waals surface area contributed by atoms with Gasteiger partial charge in [-0.25, -0.2) is 0 Å². The van der Waals surface area contributed by atoms with Crippen LogP contribution >= 0.6 is 0 Å². The van der Waals surface area contributed by atoms with Gasteiger partial charge < -0.3 is 24.7 Å². The molecule has 0 aliphatic rings. The van der Waals surface area contributed by atoms with Gasteiger partial charge >= 0.3 is 11.9 Å². The molecule has 2 N–H and O–H groups in total. The van der Waals surface area contributed by atoms with Crippen LogP contribution in [0.5, 0.6) is 0 Å². The summed E-state index contributed by atoms with van der Waals surface area (Å²) in [6.07, 6.45) is 0.421. The van der Waals surface area contributed by atoms with Crippen LogP contribution in [0.25, 0.3) is 0 Å². The zero-order chi connectivity index (χ0) is 18.4. The Kier molecular flexibility index (Phi) is 13.5. The Morgan fingerprint density at radius 1 is 0.750 bits per heavy atom. The predicted octanol–water partition coefficient (Wildman–Crippen LogP) is 1.53. The monoisotopic (exact) mass is 347 g/mol. The van der Waals surface area contributed by atoms with Crippen LogP contribution < -0.4 is 5.73 Å². The lowest BCUT2D eigenvalue weighted by molar-refractivity contribution is -0.146. The molecule has 0 aliphatic carbocycles. The fraction of sp³-hybridized carbons (Fsp3) is 0.882. The number of hydrogen-bond donors (Lipinski definition) is 1. The number of rotatable bonds is 14. The molecular formula is C17H33NO6. The van der Waals surface area contributed by atoms with Crippen molar-refractivity contribution in [1.82, 2.24) is 0 Å². The first-order valence-corrected chi connectivity index (χ1v) is 8.53. The molecule has 0 atom stereocenters. The summed E-state index contributed by atoms with van der Waals surface area (Å²) in [5.74, 6) is 0.105. The lowest BCUT2D eigenvalue weighted by Crippen LogP contribution is -2.32. The molecule has 0 rings (SSSR count). The van der Waals surface area contributed by atoms with Crippen LogP contribution in [0.4, 0.5) is 0 Å². The summed E-state index contributed by atoms with van der Waals surface area (Å²) < 4.78 is 20.7. The Balaban J connectivity index is 3.48. The smallest absolute Gasteiger partial charge is 0.308 e. The van der Waals surface area contributed by atoms with Crippen molar-refractivity contribution in [2.75, 3.05) is 39.6 Å². The zero-order valence-electron chi connectivity index (χ0n) is 15.4. The van der Waals surface area contributed by atoms with Crippen molar-refractivity contribution in [1.29, 1.82) is 0 Å². The Hall–Kier alpha value is -1.18. The number of esters is 2. The van der Waals surface area contributed by atoms with Crippen molar-refractivity contribution in [2.24, 2.45) is 17.6 Å². The minimum atomic E-state index is -0.302. The first-order chi connectivity index (χ1) is 11.3. The molecule has 0 aromatic rings. The van der Waals surface area contributed by atoms with Crippen LogP contribution in [0.2, 0.25) is 0 Å². The van der Waals surface area contributed by atoms with Crippen molar-refractivity contribution in [3.8, 4) is 0 Å². The molecule has 0 radical (unpaired) electrons. The molecule has 0 bridgehead atoms. The summed E-state index contributed by atoms with van der Waals surface area (Å²) in [7, 11) is 0. The summed E-state index contributed by atoms with van der Waals surface area (Å²) in [5, 5.41) is 0. The molecular weight excluding hydrogens is 314 g/mol. The summed E-state index contributed by atoms with van der Waals surface area (Å²) >= 11 is 0. The average Bonchev–Trinajstić information content (AvgIpc) is 2.51. The largest absolute Gasteiger partial charge is 0.465 e. The summed E-state index contributed by atoms with van der Waals surface area (Å²) in [4.78, 5) is 22.7. The molecule has 0 aromatic heterocycles.